The minimum absolute atomic E-state index is 0.411. The number of hydroxylamine groups is 2. The summed E-state index contributed by atoms with van der Waals surface area (Å²) in [6, 6.07) is 8.22. The molecule has 2 atom stereocenters. The van der Waals surface area contributed by atoms with Crippen molar-refractivity contribution in [3.8, 4) is 0 Å². The Morgan fingerprint density at radius 3 is 1.84 bits per heavy atom. The minimum Gasteiger partial charge on any atom is -0.621 e. The van der Waals surface area contributed by atoms with Crippen LogP contribution in [0.25, 0.3) is 0 Å². The predicted octanol–water partition coefficient (Wildman–Crippen LogP) is 7.59. The van der Waals surface area contributed by atoms with Gasteiger partial charge in [0.1, 0.15) is 11.9 Å². The normalized spacial score (nSPS) is 25.1. The zero-order valence-electron chi connectivity index (χ0n) is 16.0. The van der Waals surface area contributed by atoms with Crippen LogP contribution in [-0.2, 0) is 6.42 Å². The molecule has 25 heavy (non-hydrogen) atoms. The van der Waals surface area contributed by atoms with Crippen LogP contribution >= 0.6 is 15.9 Å². The van der Waals surface area contributed by atoms with Crippen molar-refractivity contribution in [3.05, 3.63) is 47.3 Å². The summed E-state index contributed by atoms with van der Waals surface area (Å²) in [5.74, 6) is 0. The summed E-state index contributed by atoms with van der Waals surface area (Å²) in [5, 5.41) is 12.8. The smallest absolute Gasteiger partial charge is 0.184 e. The molecule has 0 aromatic heterocycles. The molecule has 1 aromatic rings. The van der Waals surface area contributed by atoms with E-state index in [4.69, 9.17) is 0 Å². The quantitative estimate of drug-likeness (QED) is 0.115. The van der Waals surface area contributed by atoms with Crippen molar-refractivity contribution in [3.63, 3.8) is 0 Å². The Bertz CT molecular complexity index is 537. The molecule has 2 unspecified atom stereocenters. The lowest BCUT2D eigenvalue weighted by Gasteiger charge is -2.53. The topological polar surface area (TPSA) is 23.1 Å². The molecule has 0 aliphatic carbocycles. The lowest BCUT2D eigenvalue weighted by Crippen LogP contribution is -2.58. The van der Waals surface area contributed by atoms with Gasteiger partial charge in [0.2, 0.25) is 0 Å². The molecule has 0 saturated heterocycles. The van der Waals surface area contributed by atoms with Crippen molar-refractivity contribution in [2.24, 2.45) is 0 Å². The Morgan fingerprint density at radius 1 is 0.880 bits per heavy atom. The molecule has 0 N–H and O–H groups in total. The zero-order chi connectivity index (χ0) is 18.2. The van der Waals surface area contributed by atoms with Crippen molar-refractivity contribution in [2.75, 3.05) is 0 Å². The standard InChI is InChI=1S/C22H34BrNO/c1-3-4-5-6-7-8-9-10-11-12-13-20-14-16-21(17-15-20)24(25)19-18-22(24,2)23/h14-19H,3-13H2,1-2H3. The fourth-order valence-electron chi connectivity index (χ4n) is 3.45. The Labute approximate surface area is 162 Å². The summed E-state index contributed by atoms with van der Waals surface area (Å²) in [4.78, 5) is 0. The number of hydrogen-bond donors (Lipinski definition) is 0. The molecule has 1 aliphatic rings. The molecule has 3 heteroatoms. The summed E-state index contributed by atoms with van der Waals surface area (Å²) in [5.41, 5.74) is 2.14. The summed E-state index contributed by atoms with van der Waals surface area (Å²) < 4.78 is -0.934. The number of hydrogen-bond acceptors (Lipinski definition) is 1. The SMILES string of the molecule is CCCCCCCCCCCCc1ccc([N+]2([O-])C=CC2(C)Br)cc1. The number of aryl methyl sites for hydroxylation is 1. The van der Waals surface area contributed by atoms with E-state index in [1.165, 1.54) is 69.8 Å². The van der Waals surface area contributed by atoms with Crippen LogP contribution in [0.5, 0.6) is 0 Å². The third kappa shape index (κ3) is 5.67. The average molecular weight is 408 g/mol. The number of nitrogens with zero attached hydrogens (tertiary/aromatic N) is 1. The van der Waals surface area contributed by atoms with E-state index in [1.54, 1.807) is 6.20 Å². The van der Waals surface area contributed by atoms with Gasteiger partial charge < -0.3 is 5.21 Å². The molecule has 0 fully saturated rings. The average Bonchev–Trinajstić information content (AvgIpc) is 2.62. The maximum Gasteiger partial charge on any atom is 0.184 e. The molecule has 0 spiro atoms. The fourth-order valence-corrected chi connectivity index (χ4v) is 3.90. The molecule has 0 amide bonds. The molecule has 0 bridgehead atoms. The molecule has 2 nitrogen and oxygen atoms in total. The summed E-state index contributed by atoms with van der Waals surface area (Å²) in [7, 11) is 0. The van der Waals surface area contributed by atoms with Crippen LogP contribution < -0.4 is 4.65 Å². The van der Waals surface area contributed by atoms with E-state index in [-0.39, 0.29) is 0 Å². The molecule has 1 aliphatic heterocycles. The predicted molar refractivity (Wildman–Crippen MR) is 114 cm³/mol. The highest BCUT2D eigenvalue weighted by Crippen LogP contribution is 2.44. The molecular formula is C22H34BrNO. The van der Waals surface area contributed by atoms with Crippen LogP contribution in [0.1, 0.15) is 83.6 Å². The van der Waals surface area contributed by atoms with E-state index in [1.807, 2.05) is 25.1 Å². The van der Waals surface area contributed by atoms with Crippen LogP contribution in [0.15, 0.2) is 36.5 Å². The van der Waals surface area contributed by atoms with Crippen molar-refractivity contribution in [1.82, 2.24) is 4.65 Å². The van der Waals surface area contributed by atoms with E-state index in [0.717, 1.165) is 12.1 Å². The van der Waals surface area contributed by atoms with Gasteiger partial charge >= 0.3 is 0 Å². The highest BCUT2D eigenvalue weighted by Gasteiger charge is 2.45. The van der Waals surface area contributed by atoms with E-state index in [2.05, 4.69) is 35.0 Å². The highest BCUT2D eigenvalue weighted by molar-refractivity contribution is 9.10. The van der Waals surface area contributed by atoms with Crippen molar-refractivity contribution in [2.45, 2.75) is 88.9 Å². The lowest BCUT2D eigenvalue weighted by molar-refractivity contribution is 0.362. The van der Waals surface area contributed by atoms with Crippen LogP contribution in [0.3, 0.4) is 0 Å². The van der Waals surface area contributed by atoms with Gasteiger partial charge in [0.25, 0.3) is 0 Å². The second-order valence-electron chi connectivity index (χ2n) is 7.60. The van der Waals surface area contributed by atoms with Gasteiger partial charge in [-0.25, -0.2) is 0 Å². The van der Waals surface area contributed by atoms with E-state index >= 15 is 0 Å². The number of unbranched alkanes of at least 4 members (excludes halogenated alkanes) is 9. The Kier molecular flexibility index (Phi) is 8.18. The number of benzene rings is 1. The summed E-state index contributed by atoms with van der Waals surface area (Å²) >= 11 is 3.50. The molecule has 140 valence electrons. The highest BCUT2D eigenvalue weighted by atomic mass is 79.9. The molecule has 1 heterocycles. The monoisotopic (exact) mass is 407 g/mol. The Balaban J connectivity index is 1.59. The molecule has 0 saturated carbocycles. The Morgan fingerprint density at radius 2 is 1.40 bits per heavy atom. The molecule has 0 radical (unpaired) electrons. The zero-order valence-corrected chi connectivity index (χ0v) is 17.6. The van der Waals surface area contributed by atoms with E-state index < -0.39 is 9.09 Å². The summed E-state index contributed by atoms with van der Waals surface area (Å²) in [6.07, 6.45) is 18.4. The molecule has 1 aromatic carbocycles. The van der Waals surface area contributed by atoms with Crippen LogP contribution in [-0.4, -0.2) is 4.45 Å². The maximum atomic E-state index is 12.8. The number of halogens is 1. The van der Waals surface area contributed by atoms with Crippen LogP contribution in [0.4, 0.5) is 5.69 Å². The summed E-state index contributed by atoms with van der Waals surface area (Å²) in [6.45, 7) is 4.19. The van der Waals surface area contributed by atoms with E-state index in [0.29, 0.717) is 0 Å². The van der Waals surface area contributed by atoms with Crippen molar-refractivity contribution in [1.29, 1.82) is 0 Å². The minimum atomic E-state index is -0.523. The largest absolute Gasteiger partial charge is 0.621 e. The molecular weight excluding hydrogens is 374 g/mol. The third-order valence-electron chi connectivity index (χ3n) is 5.38. The first-order valence-electron chi connectivity index (χ1n) is 10.1. The van der Waals surface area contributed by atoms with Crippen molar-refractivity contribution < 1.29 is 0 Å². The van der Waals surface area contributed by atoms with Crippen molar-refractivity contribution >= 4 is 21.6 Å². The first-order valence-corrected chi connectivity index (χ1v) is 10.9. The number of rotatable bonds is 12. The van der Waals surface area contributed by atoms with Crippen LogP contribution in [0, 0.1) is 5.21 Å². The third-order valence-corrected chi connectivity index (χ3v) is 6.17. The first kappa shape index (κ1) is 20.7. The van der Waals surface area contributed by atoms with Gasteiger partial charge in [-0.05, 0) is 34.3 Å². The van der Waals surface area contributed by atoms with Gasteiger partial charge in [0, 0.05) is 25.1 Å². The number of quaternary nitrogens is 1. The van der Waals surface area contributed by atoms with Gasteiger partial charge in [-0.1, -0.05) is 76.8 Å². The van der Waals surface area contributed by atoms with E-state index in [9.17, 15) is 5.21 Å². The van der Waals surface area contributed by atoms with Gasteiger partial charge in [-0.15, -0.1) is 0 Å². The first-order chi connectivity index (χ1) is 12.0. The fraction of sp³-hybridized carbons (Fsp3) is 0.636. The lowest BCUT2D eigenvalue weighted by atomic mass is 10.0. The van der Waals surface area contributed by atoms with Gasteiger partial charge in [-0.3, -0.25) is 4.65 Å². The number of alkyl halides is 1. The van der Waals surface area contributed by atoms with Gasteiger partial charge in [-0.2, -0.15) is 0 Å². The van der Waals surface area contributed by atoms with Crippen LogP contribution in [0.2, 0.25) is 0 Å². The second-order valence-corrected chi connectivity index (χ2v) is 9.20. The maximum absolute atomic E-state index is 12.8. The Hall–Kier alpha value is -0.640. The molecule has 2 rings (SSSR count). The van der Waals surface area contributed by atoms with Gasteiger partial charge in [0.05, 0.1) is 0 Å². The van der Waals surface area contributed by atoms with Gasteiger partial charge in [0.15, 0.2) is 4.45 Å². The second kappa shape index (κ2) is 9.89.